The van der Waals surface area contributed by atoms with Gasteiger partial charge in [-0.1, -0.05) is 152 Å². The summed E-state index contributed by atoms with van der Waals surface area (Å²) in [5.41, 5.74) is 13.3. The van der Waals surface area contributed by atoms with Crippen molar-refractivity contribution in [3.8, 4) is 27.9 Å². The van der Waals surface area contributed by atoms with Gasteiger partial charge in [-0.3, -0.25) is 0 Å². The number of anilines is 3. The SMILES string of the molecule is c1ccc(-c2ccc(N(c3ccc(-c4ccc5c(c4)c4ccccc4n5-c4ccc5oc6ccccc6c5c4)cc3)c3ccc4c5ccccc5c5ccccc5c4c3)cc2)cc1. The summed E-state index contributed by atoms with van der Waals surface area (Å²) in [6.07, 6.45) is 0. The van der Waals surface area contributed by atoms with Crippen molar-refractivity contribution in [3.63, 3.8) is 0 Å². The van der Waals surface area contributed by atoms with E-state index in [0.29, 0.717) is 0 Å². The van der Waals surface area contributed by atoms with Gasteiger partial charge in [-0.05, 0) is 133 Å². The summed E-state index contributed by atoms with van der Waals surface area (Å²) in [4.78, 5) is 2.39. The fourth-order valence-corrected chi connectivity index (χ4v) is 10.0. The molecule has 11 aromatic carbocycles. The third-order valence-electron chi connectivity index (χ3n) is 13.0. The molecule has 0 bridgehead atoms. The van der Waals surface area contributed by atoms with Gasteiger partial charge >= 0.3 is 0 Å². The van der Waals surface area contributed by atoms with Crippen molar-refractivity contribution in [3.05, 3.63) is 231 Å². The van der Waals surface area contributed by atoms with Gasteiger partial charge in [0.25, 0.3) is 0 Å². The Labute approximate surface area is 363 Å². The molecule has 0 radical (unpaired) electrons. The second-order valence-electron chi connectivity index (χ2n) is 16.5. The van der Waals surface area contributed by atoms with Crippen molar-refractivity contribution in [2.45, 2.75) is 0 Å². The second kappa shape index (κ2) is 14.1. The maximum Gasteiger partial charge on any atom is 0.135 e. The third-order valence-corrected chi connectivity index (χ3v) is 13.0. The average Bonchev–Trinajstić information content (AvgIpc) is 3.90. The van der Waals surface area contributed by atoms with E-state index in [1.54, 1.807) is 0 Å². The van der Waals surface area contributed by atoms with Crippen molar-refractivity contribution in [2.24, 2.45) is 0 Å². The van der Waals surface area contributed by atoms with Gasteiger partial charge in [-0.25, -0.2) is 0 Å². The summed E-state index contributed by atoms with van der Waals surface area (Å²) in [6.45, 7) is 0. The molecule has 294 valence electrons. The molecular formula is C60H38N2O. The van der Waals surface area contributed by atoms with Crippen molar-refractivity contribution in [2.75, 3.05) is 4.90 Å². The Hall–Kier alpha value is -8.40. The molecule has 2 aromatic heterocycles. The first-order chi connectivity index (χ1) is 31.2. The highest BCUT2D eigenvalue weighted by molar-refractivity contribution is 6.26. The van der Waals surface area contributed by atoms with E-state index in [9.17, 15) is 0 Å². The number of benzene rings is 11. The lowest BCUT2D eigenvalue weighted by molar-refractivity contribution is 0.669. The zero-order valence-electron chi connectivity index (χ0n) is 34.2. The van der Waals surface area contributed by atoms with Crippen LogP contribution >= 0.6 is 0 Å². The molecule has 0 saturated carbocycles. The molecule has 2 heterocycles. The van der Waals surface area contributed by atoms with Crippen LogP contribution in [0.5, 0.6) is 0 Å². The summed E-state index contributed by atoms with van der Waals surface area (Å²) < 4.78 is 8.58. The highest BCUT2D eigenvalue weighted by Gasteiger charge is 2.18. The molecule has 0 aliphatic rings. The van der Waals surface area contributed by atoms with Gasteiger partial charge in [0.2, 0.25) is 0 Å². The Morgan fingerprint density at radius 2 is 0.762 bits per heavy atom. The van der Waals surface area contributed by atoms with Gasteiger partial charge in [0.15, 0.2) is 0 Å². The summed E-state index contributed by atoms with van der Waals surface area (Å²) in [7, 11) is 0. The van der Waals surface area contributed by atoms with E-state index in [0.717, 1.165) is 44.7 Å². The summed E-state index contributed by atoms with van der Waals surface area (Å²) >= 11 is 0. The number of hydrogen-bond donors (Lipinski definition) is 0. The number of rotatable bonds is 6. The summed E-state index contributed by atoms with van der Waals surface area (Å²) in [5.74, 6) is 0. The predicted molar refractivity (Wildman–Crippen MR) is 266 cm³/mol. The van der Waals surface area contributed by atoms with E-state index < -0.39 is 0 Å². The van der Waals surface area contributed by atoms with E-state index in [-0.39, 0.29) is 0 Å². The standard InChI is InChI=1S/C60H38N2O/c1-2-12-39(13-3-1)40-22-27-43(28-23-40)61(45-31-33-51-49-16-5-4-14-47(49)48-15-6-7-17-50(48)54(51)37-45)44-29-24-41(25-30-44)42-26-34-58-55(36-42)52-18-8-10-20-57(52)62(58)46-32-35-60-56(38-46)53-19-9-11-21-59(53)63-60/h1-38H. The van der Waals surface area contributed by atoms with Crippen LogP contribution in [0.25, 0.3) is 104 Å². The monoisotopic (exact) mass is 802 g/mol. The van der Waals surface area contributed by atoms with Crippen LogP contribution in [-0.4, -0.2) is 4.57 Å². The van der Waals surface area contributed by atoms with Crippen molar-refractivity contribution in [1.82, 2.24) is 4.57 Å². The van der Waals surface area contributed by atoms with E-state index in [2.05, 4.69) is 228 Å². The molecule has 0 atom stereocenters. The highest BCUT2D eigenvalue weighted by atomic mass is 16.3. The molecular weight excluding hydrogens is 765 g/mol. The summed E-state index contributed by atoms with van der Waals surface area (Å²) in [5, 5.41) is 12.3. The average molecular weight is 803 g/mol. The lowest BCUT2D eigenvalue weighted by atomic mass is 9.94. The molecule has 13 aromatic rings. The second-order valence-corrected chi connectivity index (χ2v) is 16.5. The maximum atomic E-state index is 6.19. The topological polar surface area (TPSA) is 21.3 Å². The van der Waals surface area contributed by atoms with E-state index in [1.807, 2.05) is 12.1 Å². The lowest BCUT2D eigenvalue weighted by Crippen LogP contribution is -2.10. The Balaban J connectivity index is 0.930. The molecule has 0 fully saturated rings. The Morgan fingerprint density at radius 1 is 0.270 bits per heavy atom. The predicted octanol–water partition coefficient (Wildman–Crippen LogP) is 16.9. The van der Waals surface area contributed by atoms with Gasteiger partial charge in [0, 0.05) is 44.3 Å². The van der Waals surface area contributed by atoms with Gasteiger partial charge in [0.05, 0.1) is 11.0 Å². The first kappa shape index (κ1) is 35.4. The van der Waals surface area contributed by atoms with Gasteiger partial charge in [-0.15, -0.1) is 0 Å². The molecule has 13 rings (SSSR count). The van der Waals surface area contributed by atoms with Gasteiger partial charge in [0.1, 0.15) is 11.2 Å². The number of nitrogens with zero attached hydrogens (tertiary/aromatic N) is 2. The minimum absolute atomic E-state index is 0.900. The van der Waals surface area contributed by atoms with Crippen molar-refractivity contribution < 1.29 is 4.42 Å². The highest BCUT2D eigenvalue weighted by Crippen LogP contribution is 2.43. The molecule has 0 saturated heterocycles. The van der Waals surface area contributed by atoms with Crippen LogP contribution in [-0.2, 0) is 0 Å². The summed E-state index contributed by atoms with van der Waals surface area (Å²) in [6, 6.07) is 83.6. The van der Waals surface area contributed by atoms with Crippen molar-refractivity contribution >= 4 is 93.1 Å². The van der Waals surface area contributed by atoms with Crippen LogP contribution in [0, 0.1) is 0 Å². The number of aromatic nitrogens is 1. The zero-order valence-corrected chi connectivity index (χ0v) is 34.2. The minimum Gasteiger partial charge on any atom is -0.456 e. The molecule has 3 nitrogen and oxygen atoms in total. The molecule has 63 heavy (non-hydrogen) atoms. The van der Waals surface area contributed by atoms with E-state index >= 15 is 0 Å². The Bertz CT molecular complexity index is 3860. The number of furan rings is 1. The molecule has 0 N–H and O–H groups in total. The molecule has 0 aliphatic carbocycles. The number of para-hydroxylation sites is 2. The molecule has 3 heteroatoms. The van der Waals surface area contributed by atoms with Crippen LogP contribution in [0.1, 0.15) is 0 Å². The molecule has 0 aliphatic heterocycles. The Morgan fingerprint density at radius 3 is 1.46 bits per heavy atom. The van der Waals surface area contributed by atoms with Crippen LogP contribution < -0.4 is 4.90 Å². The van der Waals surface area contributed by atoms with E-state index in [4.69, 9.17) is 4.42 Å². The first-order valence-corrected chi connectivity index (χ1v) is 21.6. The normalized spacial score (nSPS) is 11.8. The maximum absolute atomic E-state index is 6.19. The fraction of sp³-hybridized carbons (Fsp3) is 0. The van der Waals surface area contributed by atoms with Gasteiger partial charge < -0.3 is 13.9 Å². The van der Waals surface area contributed by atoms with Crippen LogP contribution in [0.3, 0.4) is 0 Å². The quantitative estimate of drug-likeness (QED) is 0.156. The Kier molecular flexibility index (Phi) is 7.91. The number of fused-ring (bicyclic) bond motifs is 12. The number of hydrogen-bond acceptors (Lipinski definition) is 2. The molecule has 0 unspecified atom stereocenters. The lowest BCUT2D eigenvalue weighted by Gasteiger charge is -2.26. The van der Waals surface area contributed by atoms with Gasteiger partial charge in [-0.2, -0.15) is 0 Å². The van der Waals surface area contributed by atoms with Crippen molar-refractivity contribution in [1.29, 1.82) is 0 Å². The van der Waals surface area contributed by atoms with Crippen LogP contribution in [0.4, 0.5) is 17.1 Å². The zero-order chi connectivity index (χ0) is 41.4. The fourth-order valence-electron chi connectivity index (χ4n) is 10.0. The molecule has 0 spiro atoms. The van der Waals surface area contributed by atoms with E-state index in [1.165, 1.54) is 76.4 Å². The largest absolute Gasteiger partial charge is 0.456 e. The first-order valence-electron chi connectivity index (χ1n) is 21.6. The minimum atomic E-state index is 0.900. The smallest absolute Gasteiger partial charge is 0.135 e. The third kappa shape index (κ3) is 5.67. The van der Waals surface area contributed by atoms with Crippen LogP contribution in [0.15, 0.2) is 235 Å². The van der Waals surface area contributed by atoms with Crippen LogP contribution in [0.2, 0.25) is 0 Å². The molecule has 0 amide bonds.